The fraction of sp³-hybridized carbons (Fsp3) is 0.250. The van der Waals surface area contributed by atoms with Gasteiger partial charge in [0.1, 0.15) is 5.40 Å². The Morgan fingerprint density at radius 3 is 1.43 bits per heavy atom. The summed E-state index contributed by atoms with van der Waals surface area (Å²) in [5, 5.41) is 88.3. The van der Waals surface area contributed by atoms with E-state index in [0.717, 1.165) is 22.3 Å². The molecule has 61 heavy (non-hydrogen) atoms. The van der Waals surface area contributed by atoms with Gasteiger partial charge in [-0.2, -0.15) is 5.26 Å². The lowest BCUT2D eigenvalue weighted by molar-refractivity contribution is 0.0907. The van der Waals surface area contributed by atoms with Crippen LogP contribution in [0.5, 0.6) is 34.5 Å². The minimum Gasteiger partial charge on any atom is -0.504 e. The number of nitriles is 1. The van der Waals surface area contributed by atoms with Crippen molar-refractivity contribution in [2.24, 2.45) is 0 Å². The predicted octanol–water partition coefficient (Wildman–Crippen LogP) is 2.12. The van der Waals surface area contributed by atoms with E-state index < -0.39 is 58.1 Å². The maximum Gasteiger partial charge on any atom is 0.255 e. The number of carbonyl (C=O) groups is 4. The topological polar surface area (TPSA) is 298 Å². The van der Waals surface area contributed by atoms with Crippen molar-refractivity contribution in [3.05, 3.63) is 95.1 Å². The van der Waals surface area contributed by atoms with Gasteiger partial charge in [-0.15, -0.1) is 0 Å². The van der Waals surface area contributed by atoms with Gasteiger partial charge in [0.05, 0.1) is 35.5 Å². The molecule has 4 aromatic rings. The molecule has 4 aromatic carbocycles. The van der Waals surface area contributed by atoms with Crippen LogP contribution in [0.1, 0.15) is 41.4 Å². The second-order valence-corrected chi connectivity index (χ2v) is 14.0. The predicted molar refractivity (Wildman–Crippen MR) is 228 cm³/mol. The number of hydrogen-bond acceptors (Lipinski definition) is 15. The third-order valence-electron chi connectivity index (χ3n) is 8.64. The number of thiocarbonyl (C=S) groups is 1. The Hall–Kier alpha value is -6.99. The zero-order valence-electron chi connectivity index (χ0n) is 32.4. The molecule has 0 aliphatic carbocycles. The molecule has 0 bridgehead atoms. The molecular weight excluding hydrogens is 833 g/mol. The molecule has 12 N–H and O–H groups in total. The Morgan fingerprint density at radius 2 is 0.984 bits per heavy atom. The lowest BCUT2D eigenvalue weighted by Crippen LogP contribution is -2.43. The molecule has 0 aromatic heterocycles. The number of ether oxygens (including phenoxy) is 1. The average molecular weight is 877 g/mol. The summed E-state index contributed by atoms with van der Waals surface area (Å²) < 4.78 is 5.50. The van der Waals surface area contributed by atoms with Crippen LogP contribution < -0.4 is 31.9 Å². The minimum atomic E-state index is -0.818. The maximum absolute atomic E-state index is 13.0. The molecule has 0 unspecified atom stereocenters. The highest BCUT2D eigenvalue weighted by molar-refractivity contribution is 8.03. The highest BCUT2D eigenvalue weighted by atomic mass is 32.2. The van der Waals surface area contributed by atoms with Crippen LogP contribution in [0.3, 0.4) is 0 Å². The molecule has 21 heteroatoms. The fourth-order valence-electron chi connectivity index (χ4n) is 5.48. The number of carbonyl (C=O) groups excluding carboxylic acids is 4. The molecule has 19 nitrogen and oxygen atoms in total. The first kappa shape index (κ1) is 46.7. The van der Waals surface area contributed by atoms with Crippen LogP contribution in [0.15, 0.2) is 77.7 Å². The minimum absolute atomic E-state index is 0.0149. The first-order valence-electron chi connectivity index (χ1n) is 18.5. The summed E-state index contributed by atoms with van der Waals surface area (Å²) in [6.07, 6.45) is 0. The molecule has 4 rings (SSSR count). The first-order chi connectivity index (χ1) is 29.3. The van der Waals surface area contributed by atoms with Gasteiger partial charge in [-0.1, -0.05) is 12.1 Å². The van der Waals surface area contributed by atoms with Crippen molar-refractivity contribution >= 4 is 58.4 Å². The number of rotatable bonds is 21. The van der Waals surface area contributed by atoms with Crippen LogP contribution in [0.2, 0.25) is 0 Å². The number of aromatic hydroxyl groups is 6. The summed E-state index contributed by atoms with van der Waals surface area (Å²) in [7, 11) is 0. The highest BCUT2D eigenvalue weighted by Gasteiger charge is 2.22. The number of nitrogens with zero attached hydrogens (tertiary/aromatic N) is 2. The third-order valence-corrected chi connectivity index (χ3v) is 9.49. The molecule has 0 heterocycles. The number of anilines is 1. The van der Waals surface area contributed by atoms with Gasteiger partial charge in [-0.3, -0.25) is 24.1 Å². The second-order valence-electron chi connectivity index (χ2n) is 12.8. The number of hydrogen-bond donors (Lipinski definition) is 12. The molecule has 0 radical (unpaired) electrons. The normalized spacial score (nSPS) is 10.6. The van der Waals surface area contributed by atoms with E-state index in [2.05, 4.69) is 31.9 Å². The zero-order chi connectivity index (χ0) is 44.3. The molecule has 0 aliphatic heterocycles. The van der Waals surface area contributed by atoms with E-state index in [4.69, 9.17) is 22.2 Å². The number of thioether (sulfide) groups is 1. The summed E-state index contributed by atoms with van der Waals surface area (Å²) in [5.74, 6) is -6.55. The Morgan fingerprint density at radius 1 is 0.574 bits per heavy atom. The van der Waals surface area contributed by atoms with Gasteiger partial charge < -0.3 is 67.3 Å². The van der Waals surface area contributed by atoms with Crippen LogP contribution in [0.4, 0.5) is 5.69 Å². The van der Waals surface area contributed by atoms with Gasteiger partial charge in [0.15, 0.2) is 39.6 Å². The van der Waals surface area contributed by atoms with Crippen molar-refractivity contribution in [1.82, 2.24) is 31.5 Å². The SMILES string of the molecule is N#CSc1ccc(NC(=S)NCCOCCNC(=O)c2ccc(C(=O)NCCN(CCNC(=O)c3cccc(O)c3O)CCNC(=O)c3cccc(O)c3O)c(O)c2O)cc1. The first-order valence-corrected chi connectivity index (χ1v) is 19.7. The number of benzene rings is 4. The van der Waals surface area contributed by atoms with Crippen molar-refractivity contribution in [3.8, 4) is 39.9 Å². The van der Waals surface area contributed by atoms with Crippen molar-refractivity contribution in [1.29, 1.82) is 5.26 Å². The quantitative estimate of drug-likeness (QED) is 0.0188. The maximum atomic E-state index is 13.0. The van der Waals surface area contributed by atoms with Crippen molar-refractivity contribution in [2.75, 3.05) is 70.9 Å². The van der Waals surface area contributed by atoms with Gasteiger partial charge in [-0.25, -0.2) is 0 Å². The summed E-state index contributed by atoms with van der Waals surface area (Å²) in [6, 6.07) is 17.4. The summed E-state index contributed by atoms with van der Waals surface area (Å²) in [4.78, 5) is 53.6. The molecule has 4 amide bonds. The van der Waals surface area contributed by atoms with Crippen molar-refractivity contribution in [3.63, 3.8) is 0 Å². The molecule has 0 atom stereocenters. The summed E-state index contributed by atoms with van der Waals surface area (Å²) >= 11 is 6.31. The van der Waals surface area contributed by atoms with Crippen LogP contribution in [0.25, 0.3) is 0 Å². The molecule has 0 fully saturated rings. The van der Waals surface area contributed by atoms with E-state index in [1.165, 1.54) is 48.5 Å². The number of thiocyanates is 1. The molecule has 322 valence electrons. The van der Waals surface area contributed by atoms with Crippen LogP contribution in [0, 0.1) is 10.7 Å². The number of phenolic OH excluding ortho intramolecular Hbond substituents is 6. The Labute approximate surface area is 359 Å². The summed E-state index contributed by atoms with van der Waals surface area (Å²) in [5.41, 5.74) is -0.140. The van der Waals surface area contributed by atoms with Gasteiger partial charge >= 0.3 is 0 Å². The molecule has 0 saturated heterocycles. The summed E-state index contributed by atoms with van der Waals surface area (Å²) in [6.45, 7) is 1.40. The van der Waals surface area contributed by atoms with Crippen LogP contribution in [-0.2, 0) is 4.74 Å². The van der Waals surface area contributed by atoms with Crippen LogP contribution in [-0.4, -0.2) is 130 Å². The molecule has 0 spiro atoms. The molecular formula is C40H44N8O11S2. The third kappa shape index (κ3) is 14.1. The van der Waals surface area contributed by atoms with Crippen molar-refractivity contribution in [2.45, 2.75) is 4.90 Å². The van der Waals surface area contributed by atoms with E-state index >= 15 is 0 Å². The lowest BCUT2D eigenvalue weighted by atomic mass is 10.1. The number of phenols is 6. The number of amides is 4. The van der Waals surface area contributed by atoms with Gasteiger partial charge in [0, 0.05) is 62.9 Å². The Kier molecular flexibility index (Phi) is 18.0. The average Bonchev–Trinajstić information content (AvgIpc) is 3.23. The monoisotopic (exact) mass is 876 g/mol. The van der Waals surface area contributed by atoms with E-state index in [1.54, 1.807) is 29.2 Å². The van der Waals surface area contributed by atoms with E-state index in [0.29, 0.717) is 11.7 Å². The standard InChI is InChI=1S/C40H44N8O11S2/c41-23-61-25-9-7-24(8-10-25)47-40(60)46-17-22-59-21-16-45-39(58)29-12-11-28(34(53)35(29)54)38(57)44-15-20-48(18-13-42-36(55)26-3-1-5-30(49)32(26)51)19-14-43-37(56)27-4-2-6-31(50)33(27)52/h1-12,49-54H,13-22H2,(H,42,55)(H,43,56)(H,44,57)(H,45,58)(H2,46,47,60). The zero-order valence-corrected chi connectivity index (χ0v) is 34.1. The van der Waals surface area contributed by atoms with Gasteiger partial charge in [0.25, 0.3) is 23.6 Å². The lowest BCUT2D eigenvalue weighted by Gasteiger charge is -2.23. The molecule has 0 saturated carbocycles. The van der Waals surface area contributed by atoms with Crippen molar-refractivity contribution < 1.29 is 54.6 Å². The highest BCUT2D eigenvalue weighted by Crippen LogP contribution is 2.33. The smallest absolute Gasteiger partial charge is 0.255 e. The number of para-hydroxylation sites is 2. The Balaban J connectivity index is 1.22. The van der Waals surface area contributed by atoms with E-state index in [1.807, 2.05) is 5.40 Å². The van der Waals surface area contributed by atoms with E-state index in [-0.39, 0.29) is 81.3 Å². The van der Waals surface area contributed by atoms with Gasteiger partial charge in [-0.05, 0) is 84.6 Å². The van der Waals surface area contributed by atoms with E-state index in [9.17, 15) is 49.8 Å². The number of nitrogens with one attached hydrogen (secondary N) is 6. The largest absolute Gasteiger partial charge is 0.504 e. The fourth-order valence-corrected chi connectivity index (χ4v) is 6.08. The van der Waals surface area contributed by atoms with Crippen LogP contribution >= 0.6 is 24.0 Å². The molecule has 0 aliphatic rings. The second kappa shape index (κ2) is 23.6. The Bertz CT molecular complexity index is 2170. The van der Waals surface area contributed by atoms with Gasteiger partial charge in [0.2, 0.25) is 0 Å².